The van der Waals surface area contributed by atoms with E-state index in [1.807, 2.05) is 39.0 Å². The Kier molecular flexibility index (Phi) is 6.24. The molecule has 19 heavy (non-hydrogen) atoms. The first kappa shape index (κ1) is 15.9. The molecule has 1 heterocycles. The van der Waals surface area contributed by atoms with Gasteiger partial charge in [0.05, 0.1) is 18.9 Å². The molecule has 6 heteroatoms. The van der Waals surface area contributed by atoms with Crippen LogP contribution in [-0.2, 0) is 16.1 Å². The number of carbonyl (C=O) groups excluding carboxylic acids is 1. The molecule has 1 aromatic heterocycles. The minimum absolute atomic E-state index is 0.406. The van der Waals surface area contributed by atoms with Gasteiger partial charge >= 0.3 is 6.09 Å². The molecule has 0 saturated carbocycles. The average Bonchev–Trinajstić information content (AvgIpc) is 2.26. The van der Waals surface area contributed by atoms with Crippen LogP contribution in [0.1, 0.15) is 26.5 Å². The van der Waals surface area contributed by atoms with Crippen molar-refractivity contribution in [2.75, 3.05) is 13.2 Å². The van der Waals surface area contributed by atoms with Crippen LogP contribution in [-0.4, -0.2) is 29.8 Å². The molecule has 0 radical (unpaired) electrons. The highest BCUT2D eigenvalue weighted by Gasteiger charge is 2.15. The molecule has 0 saturated heterocycles. The van der Waals surface area contributed by atoms with Crippen molar-refractivity contribution < 1.29 is 14.3 Å². The van der Waals surface area contributed by atoms with Crippen molar-refractivity contribution in [3.8, 4) is 0 Å². The summed E-state index contributed by atoms with van der Waals surface area (Å²) in [5.74, 6) is 0. The van der Waals surface area contributed by atoms with Gasteiger partial charge in [0.2, 0.25) is 0 Å². The Morgan fingerprint density at radius 3 is 2.79 bits per heavy atom. The second kappa shape index (κ2) is 7.45. The van der Waals surface area contributed by atoms with Crippen molar-refractivity contribution in [2.45, 2.75) is 33.0 Å². The molecule has 1 amide bonds. The summed E-state index contributed by atoms with van der Waals surface area (Å²) in [4.78, 5) is 15.6. The van der Waals surface area contributed by atoms with E-state index in [4.69, 9.17) is 9.47 Å². The second-order valence-electron chi connectivity index (χ2n) is 4.93. The predicted molar refractivity (Wildman–Crippen MR) is 75.8 cm³/mol. The SMILES string of the molecule is CC(C)(C)OC(=O)NCCOCc1cccc(Br)n1. The Labute approximate surface area is 121 Å². The number of hydrogen-bond donors (Lipinski definition) is 1. The number of nitrogens with zero attached hydrogens (tertiary/aromatic N) is 1. The third kappa shape index (κ3) is 7.79. The number of rotatable bonds is 5. The van der Waals surface area contributed by atoms with Crippen molar-refractivity contribution in [2.24, 2.45) is 0 Å². The number of amides is 1. The lowest BCUT2D eigenvalue weighted by atomic mass is 10.2. The molecule has 0 aromatic carbocycles. The minimum Gasteiger partial charge on any atom is -0.444 e. The Balaban J connectivity index is 2.13. The molecule has 0 aliphatic heterocycles. The summed E-state index contributed by atoms with van der Waals surface area (Å²) in [5, 5.41) is 2.62. The molecule has 1 N–H and O–H groups in total. The van der Waals surface area contributed by atoms with E-state index < -0.39 is 11.7 Å². The lowest BCUT2D eigenvalue weighted by molar-refractivity contribution is 0.0493. The molecule has 106 valence electrons. The van der Waals surface area contributed by atoms with Crippen molar-refractivity contribution in [3.05, 3.63) is 28.5 Å². The summed E-state index contributed by atoms with van der Waals surface area (Å²) >= 11 is 3.29. The average molecular weight is 331 g/mol. The van der Waals surface area contributed by atoms with E-state index >= 15 is 0 Å². The summed E-state index contributed by atoms with van der Waals surface area (Å²) in [5.41, 5.74) is 0.359. The van der Waals surface area contributed by atoms with Gasteiger partial charge < -0.3 is 14.8 Å². The zero-order valence-corrected chi connectivity index (χ0v) is 13.0. The lowest BCUT2D eigenvalue weighted by Gasteiger charge is -2.19. The molecule has 0 fully saturated rings. The highest BCUT2D eigenvalue weighted by Crippen LogP contribution is 2.07. The fourth-order valence-electron chi connectivity index (χ4n) is 1.25. The van der Waals surface area contributed by atoms with Crippen LogP contribution in [0.3, 0.4) is 0 Å². The monoisotopic (exact) mass is 330 g/mol. The number of pyridine rings is 1. The summed E-state index contributed by atoms with van der Waals surface area (Å²) in [6.45, 7) is 6.69. The molecule has 0 atom stereocenters. The van der Waals surface area contributed by atoms with Crippen molar-refractivity contribution in [1.82, 2.24) is 10.3 Å². The van der Waals surface area contributed by atoms with E-state index in [0.29, 0.717) is 19.8 Å². The Hall–Kier alpha value is -1.14. The molecule has 0 unspecified atom stereocenters. The maximum Gasteiger partial charge on any atom is 0.407 e. The maximum atomic E-state index is 11.3. The van der Waals surface area contributed by atoms with Crippen LogP contribution < -0.4 is 5.32 Å². The predicted octanol–water partition coefficient (Wildman–Crippen LogP) is 2.89. The van der Waals surface area contributed by atoms with Crippen molar-refractivity contribution in [1.29, 1.82) is 0 Å². The van der Waals surface area contributed by atoms with Gasteiger partial charge in [-0.1, -0.05) is 6.07 Å². The van der Waals surface area contributed by atoms with Crippen LogP contribution in [0.25, 0.3) is 0 Å². The second-order valence-corrected chi connectivity index (χ2v) is 5.75. The van der Waals surface area contributed by atoms with Crippen LogP contribution in [0.15, 0.2) is 22.8 Å². The van der Waals surface area contributed by atoms with Crippen LogP contribution >= 0.6 is 15.9 Å². The number of alkyl carbamates (subject to hydrolysis) is 1. The molecule has 1 aromatic rings. The Bertz CT molecular complexity index is 419. The normalized spacial score (nSPS) is 11.2. The molecular weight excluding hydrogens is 312 g/mol. The van der Waals surface area contributed by atoms with Gasteiger partial charge in [-0.25, -0.2) is 9.78 Å². The fourth-order valence-corrected chi connectivity index (χ4v) is 1.63. The van der Waals surface area contributed by atoms with Gasteiger partial charge in [0.25, 0.3) is 0 Å². The van der Waals surface area contributed by atoms with Crippen LogP contribution in [0.2, 0.25) is 0 Å². The zero-order chi connectivity index (χ0) is 14.3. The van der Waals surface area contributed by atoms with Crippen molar-refractivity contribution in [3.63, 3.8) is 0 Å². The summed E-state index contributed by atoms with van der Waals surface area (Å²) < 4.78 is 11.3. The number of nitrogens with one attached hydrogen (secondary N) is 1. The van der Waals surface area contributed by atoms with E-state index in [0.717, 1.165) is 10.3 Å². The fraction of sp³-hybridized carbons (Fsp3) is 0.538. The quantitative estimate of drug-likeness (QED) is 0.666. The standard InChI is InChI=1S/C13H19BrN2O3/c1-13(2,3)19-12(17)15-7-8-18-9-10-5-4-6-11(14)16-10/h4-6H,7-9H2,1-3H3,(H,15,17). The molecular formula is C13H19BrN2O3. The third-order valence-electron chi connectivity index (χ3n) is 1.94. The molecule has 0 spiro atoms. The largest absolute Gasteiger partial charge is 0.444 e. The van der Waals surface area contributed by atoms with Gasteiger partial charge in [-0.15, -0.1) is 0 Å². The van der Waals surface area contributed by atoms with Gasteiger partial charge in [-0.05, 0) is 48.8 Å². The van der Waals surface area contributed by atoms with Crippen LogP contribution in [0, 0.1) is 0 Å². The first-order valence-electron chi connectivity index (χ1n) is 6.03. The molecule has 1 rings (SSSR count). The van der Waals surface area contributed by atoms with Gasteiger partial charge in [0.1, 0.15) is 10.2 Å². The molecule has 0 aliphatic carbocycles. The molecule has 0 aliphatic rings. The van der Waals surface area contributed by atoms with E-state index in [1.165, 1.54) is 0 Å². The summed E-state index contributed by atoms with van der Waals surface area (Å²) in [6, 6.07) is 5.63. The molecule has 0 bridgehead atoms. The van der Waals surface area contributed by atoms with E-state index in [1.54, 1.807) is 0 Å². The third-order valence-corrected chi connectivity index (χ3v) is 2.38. The number of aromatic nitrogens is 1. The first-order chi connectivity index (χ1) is 8.87. The van der Waals surface area contributed by atoms with E-state index in [-0.39, 0.29) is 0 Å². The lowest BCUT2D eigenvalue weighted by Crippen LogP contribution is -2.34. The van der Waals surface area contributed by atoms with Gasteiger partial charge in [0.15, 0.2) is 0 Å². The van der Waals surface area contributed by atoms with Gasteiger partial charge in [0, 0.05) is 6.54 Å². The Morgan fingerprint density at radius 2 is 2.16 bits per heavy atom. The number of hydrogen-bond acceptors (Lipinski definition) is 4. The highest BCUT2D eigenvalue weighted by molar-refractivity contribution is 9.10. The number of halogens is 1. The smallest absolute Gasteiger partial charge is 0.407 e. The van der Waals surface area contributed by atoms with Gasteiger partial charge in [-0.2, -0.15) is 0 Å². The van der Waals surface area contributed by atoms with Crippen molar-refractivity contribution >= 4 is 22.0 Å². The first-order valence-corrected chi connectivity index (χ1v) is 6.82. The minimum atomic E-state index is -0.481. The highest BCUT2D eigenvalue weighted by atomic mass is 79.9. The number of ether oxygens (including phenoxy) is 2. The van der Waals surface area contributed by atoms with E-state index in [2.05, 4.69) is 26.2 Å². The maximum absolute atomic E-state index is 11.3. The van der Waals surface area contributed by atoms with Crippen LogP contribution in [0.4, 0.5) is 4.79 Å². The van der Waals surface area contributed by atoms with Gasteiger partial charge in [-0.3, -0.25) is 0 Å². The zero-order valence-electron chi connectivity index (χ0n) is 11.4. The summed E-state index contributed by atoms with van der Waals surface area (Å²) in [7, 11) is 0. The van der Waals surface area contributed by atoms with E-state index in [9.17, 15) is 4.79 Å². The number of carbonyl (C=O) groups is 1. The molecule has 5 nitrogen and oxygen atoms in total. The Morgan fingerprint density at radius 1 is 1.42 bits per heavy atom. The summed E-state index contributed by atoms with van der Waals surface area (Å²) in [6.07, 6.45) is -0.434. The topological polar surface area (TPSA) is 60.5 Å². The van der Waals surface area contributed by atoms with Crippen LogP contribution in [0.5, 0.6) is 0 Å².